The summed E-state index contributed by atoms with van der Waals surface area (Å²) in [4.78, 5) is 52.8. The maximum atomic E-state index is 12.0. The van der Waals surface area contributed by atoms with Crippen molar-refractivity contribution in [1.29, 1.82) is 0 Å². The van der Waals surface area contributed by atoms with Crippen LogP contribution in [0, 0.1) is 0 Å². The van der Waals surface area contributed by atoms with Crippen LogP contribution >= 0.6 is 15.6 Å². The van der Waals surface area contributed by atoms with E-state index in [4.69, 9.17) is 14.6 Å². The molecule has 0 rings (SSSR count). The molecule has 0 heterocycles. The summed E-state index contributed by atoms with van der Waals surface area (Å²) in [6.07, 6.45) is -4.09. The van der Waals surface area contributed by atoms with Crippen LogP contribution in [0.15, 0.2) is 0 Å². The first-order valence-electron chi connectivity index (χ1n) is 10.3. The summed E-state index contributed by atoms with van der Waals surface area (Å²) in [6.45, 7) is -0.173. The molecular weight excluding hydrogens is 522 g/mol. The van der Waals surface area contributed by atoms with Crippen molar-refractivity contribution in [2.45, 2.75) is 51.9 Å². The van der Waals surface area contributed by atoms with Crippen LogP contribution in [0.25, 0.3) is 0 Å². The lowest BCUT2D eigenvalue weighted by Gasteiger charge is -2.20. The van der Waals surface area contributed by atoms with Gasteiger partial charge in [-0.15, -0.1) is 0 Å². The molecule has 18 heteroatoms. The monoisotopic (exact) mass is 554 g/mol. The number of carbonyl (C=O) groups excluding carboxylic acids is 3. The van der Waals surface area contributed by atoms with Gasteiger partial charge in [0.25, 0.3) is 0 Å². The molecule has 0 radical (unpaired) electrons. The van der Waals surface area contributed by atoms with E-state index >= 15 is 0 Å². The molecule has 0 aromatic carbocycles. The fourth-order valence-electron chi connectivity index (χ4n) is 1.87. The van der Waals surface area contributed by atoms with E-state index in [-0.39, 0.29) is 12.8 Å². The highest BCUT2D eigenvalue weighted by molar-refractivity contribution is 7.47. The van der Waals surface area contributed by atoms with Crippen LogP contribution in [0.4, 0.5) is 0 Å². The lowest BCUT2D eigenvalue weighted by atomic mass is 10.4. The molecule has 206 valence electrons. The molecule has 0 aliphatic carbocycles. The van der Waals surface area contributed by atoms with Gasteiger partial charge >= 0.3 is 33.6 Å². The van der Waals surface area contributed by atoms with E-state index in [0.29, 0.717) is 0 Å². The first kappa shape index (κ1) is 33.5. The first-order valence-corrected chi connectivity index (χ1v) is 13.3. The molecule has 0 saturated heterocycles. The van der Waals surface area contributed by atoms with Gasteiger partial charge in [-0.05, 0) is 0 Å². The molecule has 0 spiro atoms. The van der Waals surface area contributed by atoms with Gasteiger partial charge in [-0.3, -0.25) is 32.5 Å². The lowest BCUT2D eigenvalue weighted by molar-refractivity contribution is -0.160. The summed E-state index contributed by atoms with van der Waals surface area (Å²) >= 11 is 0. The van der Waals surface area contributed by atoms with E-state index in [1.807, 2.05) is 0 Å². The van der Waals surface area contributed by atoms with Crippen LogP contribution < -0.4 is 0 Å². The molecule has 16 nitrogen and oxygen atoms in total. The Hall–Kier alpha value is -1.45. The van der Waals surface area contributed by atoms with E-state index in [1.165, 1.54) is 13.8 Å². The summed E-state index contributed by atoms with van der Waals surface area (Å²) < 4.78 is 56.4. The van der Waals surface area contributed by atoms with Crippen molar-refractivity contribution in [3.8, 4) is 0 Å². The largest absolute Gasteiger partial charge is 0.472 e. The zero-order chi connectivity index (χ0) is 27.1. The quantitative estimate of drug-likeness (QED) is 0.0921. The zero-order valence-corrected chi connectivity index (χ0v) is 21.3. The van der Waals surface area contributed by atoms with Crippen LogP contribution in [0.2, 0.25) is 0 Å². The van der Waals surface area contributed by atoms with Gasteiger partial charge in [0.15, 0.2) is 6.10 Å². The van der Waals surface area contributed by atoms with Crippen molar-refractivity contribution in [3.63, 3.8) is 0 Å². The lowest BCUT2D eigenvalue weighted by Crippen LogP contribution is -2.29. The standard InChI is InChI=1S/C17H32O16P2/c1-4-16(21)27-9-15(33-17(22)5-2)11-31-35(25,26)29-8-13(20)7-28-34(23,24)30-10-14(6-18)32-12(3)19/h13-15,18,20H,4-11H2,1-3H3,(H,23,24)(H,25,26)/t13-,14+,15+/m0/s1. The highest BCUT2D eigenvalue weighted by Crippen LogP contribution is 2.45. The van der Waals surface area contributed by atoms with Gasteiger partial charge in [0.2, 0.25) is 0 Å². The minimum Gasteiger partial charge on any atom is -0.462 e. The SMILES string of the molecule is CCC(=O)OC[C@H](COP(=O)(O)OC[C@@H](O)COP(=O)(O)OC[C@@H](CO)OC(C)=O)OC(=O)CC. The predicted molar refractivity (Wildman–Crippen MR) is 114 cm³/mol. The van der Waals surface area contributed by atoms with Gasteiger partial charge < -0.3 is 34.2 Å². The molecule has 0 fully saturated rings. The number of hydrogen-bond donors (Lipinski definition) is 4. The normalized spacial score (nSPS) is 17.3. The number of phosphoric ester groups is 2. The third-order valence-electron chi connectivity index (χ3n) is 3.55. The van der Waals surface area contributed by atoms with Gasteiger partial charge in [-0.25, -0.2) is 9.13 Å². The average molecular weight is 554 g/mol. The van der Waals surface area contributed by atoms with Gasteiger partial charge in [-0.2, -0.15) is 0 Å². The van der Waals surface area contributed by atoms with Gasteiger partial charge in [-0.1, -0.05) is 13.8 Å². The number of hydrogen-bond acceptors (Lipinski definition) is 14. The number of rotatable bonds is 19. The minimum atomic E-state index is -4.80. The van der Waals surface area contributed by atoms with Crippen molar-refractivity contribution >= 4 is 33.6 Å². The molecular formula is C17H32O16P2. The van der Waals surface area contributed by atoms with E-state index in [0.717, 1.165) is 6.92 Å². The highest BCUT2D eigenvalue weighted by atomic mass is 31.2. The summed E-state index contributed by atoms with van der Waals surface area (Å²) in [5.41, 5.74) is 0. The second kappa shape index (κ2) is 17.1. The van der Waals surface area contributed by atoms with E-state index in [2.05, 4.69) is 22.8 Å². The average Bonchev–Trinajstić information content (AvgIpc) is 2.80. The van der Waals surface area contributed by atoms with Crippen molar-refractivity contribution in [3.05, 3.63) is 0 Å². The van der Waals surface area contributed by atoms with Gasteiger partial charge in [0.1, 0.15) is 18.8 Å². The summed E-state index contributed by atoms with van der Waals surface area (Å²) in [6, 6.07) is 0. The minimum absolute atomic E-state index is 0.0134. The van der Waals surface area contributed by atoms with Crippen molar-refractivity contribution in [2.24, 2.45) is 0 Å². The Balaban J connectivity index is 4.57. The fraction of sp³-hybridized carbons (Fsp3) is 0.824. The summed E-state index contributed by atoms with van der Waals surface area (Å²) in [7, 11) is -9.55. The van der Waals surface area contributed by atoms with Crippen molar-refractivity contribution in [1.82, 2.24) is 0 Å². The maximum Gasteiger partial charge on any atom is 0.472 e. The second-order valence-corrected chi connectivity index (χ2v) is 9.60. The number of carbonyl (C=O) groups is 3. The van der Waals surface area contributed by atoms with E-state index in [9.17, 15) is 38.4 Å². The molecule has 0 saturated carbocycles. The Morgan fingerprint density at radius 2 is 1.20 bits per heavy atom. The number of esters is 3. The van der Waals surface area contributed by atoms with Crippen LogP contribution in [0.5, 0.6) is 0 Å². The van der Waals surface area contributed by atoms with Crippen molar-refractivity contribution in [2.75, 3.05) is 39.6 Å². The summed E-state index contributed by atoms with van der Waals surface area (Å²) in [5, 5.41) is 18.8. The Morgan fingerprint density at radius 1 is 0.743 bits per heavy atom. The fourth-order valence-corrected chi connectivity index (χ4v) is 3.45. The molecule has 0 bridgehead atoms. The third-order valence-corrected chi connectivity index (χ3v) is 5.45. The van der Waals surface area contributed by atoms with Gasteiger partial charge in [0.05, 0.1) is 33.0 Å². The van der Waals surface area contributed by atoms with Crippen LogP contribution in [0.3, 0.4) is 0 Å². The Kier molecular flexibility index (Phi) is 16.4. The smallest absolute Gasteiger partial charge is 0.462 e. The Bertz CT molecular complexity index is 758. The number of ether oxygens (including phenoxy) is 3. The Labute approximate surface area is 201 Å². The number of aliphatic hydroxyl groups excluding tert-OH is 2. The molecule has 5 atom stereocenters. The summed E-state index contributed by atoms with van der Waals surface area (Å²) in [5.74, 6) is -2.04. The van der Waals surface area contributed by atoms with Crippen LogP contribution in [0.1, 0.15) is 33.6 Å². The highest BCUT2D eigenvalue weighted by Gasteiger charge is 2.29. The van der Waals surface area contributed by atoms with Gasteiger partial charge in [0, 0.05) is 19.8 Å². The topological polar surface area (TPSA) is 231 Å². The maximum absolute atomic E-state index is 12.0. The molecule has 35 heavy (non-hydrogen) atoms. The molecule has 0 aliphatic heterocycles. The molecule has 0 aliphatic rings. The molecule has 2 unspecified atom stereocenters. The predicted octanol–water partition coefficient (Wildman–Crippen LogP) is -0.187. The molecule has 0 aromatic rings. The molecule has 0 aromatic heterocycles. The van der Waals surface area contributed by atoms with Crippen LogP contribution in [-0.2, 0) is 55.8 Å². The molecule has 0 amide bonds. The van der Waals surface area contributed by atoms with Crippen molar-refractivity contribution < 1.29 is 75.8 Å². The van der Waals surface area contributed by atoms with Crippen LogP contribution in [-0.4, -0.2) is 95.9 Å². The third kappa shape index (κ3) is 17.6. The zero-order valence-electron chi connectivity index (χ0n) is 19.5. The number of phosphoric acid groups is 2. The van der Waals surface area contributed by atoms with E-state index in [1.54, 1.807) is 0 Å². The number of aliphatic hydroxyl groups is 2. The second-order valence-electron chi connectivity index (χ2n) is 6.69. The molecule has 4 N–H and O–H groups in total. The van der Waals surface area contributed by atoms with E-state index < -0.39 is 91.5 Å². The first-order chi connectivity index (χ1) is 16.2. The Morgan fingerprint density at radius 3 is 1.63 bits per heavy atom.